The summed E-state index contributed by atoms with van der Waals surface area (Å²) in [6, 6.07) is 0.489. The van der Waals surface area contributed by atoms with E-state index < -0.39 is 0 Å². The minimum atomic E-state index is -0.208. The number of nitrogens with zero attached hydrogens (tertiary/aromatic N) is 1. The van der Waals surface area contributed by atoms with Gasteiger partial charge >= 0.3 is 0 Å². The molecule has 2 rings (SSSR count). The van der Waals surface area contributed by atoms with Gasteiger partial charge in [-0.2, -0.15) is 0 Å². The number of ether oxygens (including phenoxy) is 2. The number of hydrogen-bond donors (Lipinski definition) is 0. The molecule has 3 nitrogen and oxygen atoms in total. The van der Waals surface area contributed by atoms with Crippen LogP contribution in [0, 0.1) is 5.41 Å². The third kappa shape index (κ3) is 5.98. The zero-order valence-electron chi connectivity index (χ0n) is 16.7. The van der Waals surface area contributed by atoms with Gasteiger partial charge in [-0.05, 0) is 44.6 Å². The highest BCUT2D eigenvalue weighted by molar-refractivity contribution is 5.11. The second-order valence-electron chi connectivity index (χ2n) is 9.19. The first-order valence-electron chi connectivity index (χ1n) is 10.1. The number of fused-ring (bicyclic) bond motifs is 1. The van der Waals surface area contributed by atoms with Gasteiger partial charge in [0.2, 0.25) is 0 Å². The molecule has 24 heavy (non-hydrogen) atoms. The molecule has 2 aliphatic rings. The van der Waals surface area contributed by atoms with E-state index in [2.05, 4.69) is 45.6 Å². The summed E-state index contributed by atoms with van der Waals surface area (Å²) in [4.78, 5) is 2.32. The molecule has 2 heterocycles. The first kappa shape index (κ1) is 19.6. The summed E-state index contributed by atoms with van der Waals surface area (Å²) in [5.74, 6) is 1.05. The monoisotopic (exact) mass is 337 g/mol. The summed E-state index contributed by atoms with van der Waals surface area (Å²) in [6.07, 6.45) is 14.0. The predicted molar refractivity (Wildman–Crippen MR) is 101 cm³/mol. The summed E-state index contributed by atoms with van der Waals surface area (Å²) >= 11 is 0. The lowest BCUT2D eigenvalue weighted by molar-refractivity contribution is -0.0619. The first-order chi connectivity index (χ1) is 11.3. The third-order valence-electron chi connectivity index (χ3n) is 5.20. The van der Waals surface area contributed by atoms with Gasteiger partial charge < -0.3 is 14.4 Å². The van der Waals surface area contributed by atoms with Crippen molar-refractivity contribution >= 4 is 0 Å². The molecular formula is C21H39NO2. The van der Waals surface area contributed by atoms with Crippen LogP contribution in [-0.2, 0) is 9.47 Å². The van der Waals surface area contributed by atoms with E-state index >= 15 is 0 Å². The molecule has 0 bridgehead atoms. The van der Waals surface area contributed by atoms with Crippen LogP contribution in [0.2, 0.25) is 0 Å². The van der Waals surface area contributed by atoms with Gasteiger partial charge in [0.25, 0.3) is 0 Å². The minimum absolute atomic E-state index is 0.208. The van der Waals surface area contributed by atoms with Gasteiger partial charge in [0, 0.05) is 0 Å². The van der Waals surface area contributed by atoms with Crippen molar-refractivity contribution in [3.05, 3.63) is 12.0 Å². The highest BCUT2D eigenvalue weighted by Gasteiger charge is 2.44. The maximum Gasteiger partial charge on any atom is 0.187 e. The topological polar surface area (TPSA) is 21.7 Å². The average Bonchev–Trinajstić information content (AvgIpc) is 3.02. The lowest BCUT2D eigenvalue weighted by atomic mass is 9.89. The van der Waals surface area contributed by atoms with Gasteiger partial charge in [-0.25, -0.2) is 0 Å². The molecule has 1 atom stereocenters. The summed E-state index contributed by atoms with van der Waals surface area (Å²) in [6.45, 7) is 12.9. The van der Waals surface area contributed by atoms with E-state index in [1.54, 1.807) is 0 Å². The van der Waals surface area contributed by atoms with E-state index in [1.165, 1.54) is 51.4 Å². The molecule has 0 aromatic rings. The molecule has 140 valence electrons. The van der Waals surface area contributed by atoms with Crippen molar-refractivity contribution in [3.63, 3.8) is 0 Å². The molecule has 0 aromatic carbocycles. The maximum absolute atomic E-state index is 6.04. The fourth-order valence-corrected chi connectivity index (χ4v) is 3.78. The maximum atomic E-state index is 6.04. The van der Waals surface area contributed by atoms with E-state index in [9.17, 15) is 0 Å². The van der Waals surface area contributed by atoms with E-state index in [1.807, 2.05) is 0 Å². The lowest BCUT2D eigenvalue weighted by Gasteiger charge is -2.33. The van der Waals surface area contributed by atoms with Crippen LogP contribution in [0.25, 0.3) is 0 Å². The van der Waals surface area contributed by atoms with Gasteiger partial charge in [-0.3, -0.25) is 0 Å². The largest absolute Gasteiger partial charge is 0.479 e. The molecule has 3 heteroatoms. The Morgan fingerprint density at radius 2 is 1.71 bits per heavy atom. The zero-order valence-corrected chi connectivity index (χ0v) is 16.7. The molecule has 0 radical (unpaired) electrons. The smallest absolute Gasteiger partial charge is 0.187 e. The Morgan fingerprint density at radius 3 is 2.38 bits per heavy atom. The summed E-state index contributed by atoms with van der Waals surface area (Å²) < 4.78 is 11.9. The summed E-state index contributed by atoms with van der Waals surface area (Å²) in [7, 11) is 0. The number of rotatable bonds is 10. The SMILES string of the molecule is CC(C)(C)CCCCCCCCCOC1=CC[C@H]2COC(C)(C)N12. The van der Waals surface area contributed by atoms with E-state index in [-0.39, 0.29) is 5.72 Å². The highest BCUT2D eigenvalue weighted by Crippen LogP contribution is 2.37. The van der Waals surface area contributed by atoms with E-state index in [4.69, 9.17) is 9.47 Å². The van der Waals surface area contributed by atoms with Crippen LogP contribution < -0.4 is 0 Å². The van der Waals surface area contributed by atoms with Crippen molar-refractivity contribution in [1.82, 2.24) is 4.90 Å². The Balaban J connectivity index is 1.46. The van der Waals surface area contributed by atoms with Gasteiger partial charge in [-0.1, -0.05) is 59.3 Å². The van der Waals surface area contributed by atoms with Crippen LogP contribution in [-0.4, -0.2) is 29.9 Å². The first-order valence-corrected chi connectivity index (χ1v) is 10.1. The lowest BCUT2D eigenvalue weighted by Crippen LogP contribution is -2.40. The molecule has 0 saturated carbocycles. The summed E-state index contributed by atoms with van der Waals surface area (Å²) in [5, 5.41) is 0. The van der Waals surface area contributed by atoms with Gasteiger partial charge in [0.15, 0.2) is 5.88 Å². The molecule has 0 N–H and O–H groups in total. The molecule has 0 amide bonds. The summed E-state index contributed by atoms with van der Waals surface area (Å²) in [5.41, 5.74) is 0.292. The van der Waals surface area contributed by atoms with Crippen LogP contribution in [0.5, 0.6) is 0 Å². The van der Waals surface area contributed by atoms with E-state index in [0.717, 1.165) is 25.5 Å². The standard InChI is InChI=1S/C21H39NO2/c1-20(2,3)15-11-9-7-6-8-10-12-16-23-19-14-13-18-17-24-21(4,5)22(18)19/h14,18H,6-13,15-17H2,1-5H3/t18-/m0/s1. The normalized spacial score (nSPS) is 22.6. The average molecular weight is 338 g/mol. The van der Waals surface area contributed by atoms with Gasteiger partial charge in [0.05, 0.1) is 19.3 Å². The molecular weight excluding hydrogens is 298 g/mol. The molecule has 2 aliphatic heterocycles. The Kier molecular flexibility index (Phi) is 7.03. The number of hydrogen-bond acceptors (Lipinski definition) is 3. The minimum Gasteiger partial charge on any atom is -0.479 e. The fourth-order valence-electron chi connectivity index (χ4n) is 3.78. The quantitative estimate of drug-likeness (QED) is 0.467. The van der Waals surface area contributed by atoms with Crippen LogP contribution in [0.15, 0.2) is 12.0 Å². The van der Waals surface area contributed by atoms with Crippen molar-refractivity contribution in [2.24, 2.45) is 5.41 Å². The van der Waals surface area contributed by atoms with Crippen molar-refractivity contribution in [2.45, 2.75) is 104 Å². The van der Waals surface area contributed by atoms with Crippen LogP contribution in [0.4, 0.5) is 0 Å². The molecule has 0 aromatic heterocycles. The Labute approximate surface area is 149 Å². The number of unbranched alkanes of at least 4 members (excludes halogenated alkanes) is 6. The van der Waals surface area contributed by atoms with Crippen LogP contribution in [0.1, 0.15) is 92.4 Å². The zero-order chi connectivity index (χ0) is 17.6. The molecule has 1 fully saturated rings. The van der Waals surface area contributed by atoms with Crippen molar-refractivity contribution in [2.75, 3.05) is 13.2 Å². The molecule has 0 unspecified atom stereocenters. The predicted octanol–water partition coefficient (Wildman–Crippen LogP) is 5.85. The third-order valence-corrected chi connectivity index (χ3v) is 5.20. The fraction of sp³-hybridized carbons (Fsp3) is 0.905. The second-order valence-corrected chi connectivity index (χ2v) is 9.19. The van der Waals surface area contributed by atoms with Gasteiger partial charge in [-0.15, -0.1) is 0 Å². The van der Waals surface area contributed by atoms with E-state index in [0.29, 0.717) is 11.5 Å². The Morgan fingerprint density at radius 1 is 1.08 bits per heavy atom. The molecule has 0 spiro atoms. The molecule has 1 saturated heterocycles. The van der Waals surface area contributed by atoms with Crippen LogP contribution in [0.3, 0.4) is 0 Å². The molecule has 0 aliphatic carbocycles. The second kappa shape index (κ2) is 8.60. The van der Waals surface area contributed by atoms with Crippen molar-refractivity contribution < 1.29 is 9.47 Å². The van der Waals surface area contributed by atoms with Crippen LogP contribution >= 0.6 is 0 Å². The van der Waals surface area contributed by atoms with Crippen molar-refractivity contribution in [1.29, 1.82) is 0 Å². The Bertz CT molecular complexity index is 409. The highest BCUT2D eigenvalue weighted by atomic mass is 16.6. The Hall–Kier alpha value is -0.700. The van der Waals surface area contributed by atoms with Gasteiger partial charge in [0.1, 0.15) is 5.72 Å². The van der Waals surface area contributed by atoms with Crippen molar-refractivity contribution in [3.8, 4) is 0 Å².